The van der Waals surface area contributed by atoms with Crippen molar-refractivity contribution in [1.29, 1.82) is 0 Å². The van der Waals surface area contributed by atoms with E-state index >= 15 is 0 Å². The van der Waals surface area contributed by atoms with Gasteiger partial charge in [-0.15, -0.1) is 0 Å². The average molecular weight is 242 g/mol. The van der Waals surface area contributed by atoms with E-state index in [0.717, 1.165) is 31.6 Å². The van der Waals surface area contributed by atoms with Gasteiger partial charge in [-0.1, -0.05) is 26.7 Å². The Morgan fingerprint density at radius 2 is 2.00 bits per heavy atom. The van der Waals surface area contributed by atoms with Crippen LogP contribution in [-0.4, -0.2) is 11.0 Å². The molecule has 0 N–H and O–H groups in total. The Labute approximate surface area is 106 Å². The van der Waals surface area contributed by atoms with Gasteiger partial charge in [0.2, 0.25) is 0 Å². The van der Waals surface area contributed by atoms with Crippen LogP contribution < -0.4 is 0 Å². The van der Waals surface area contributed by atoms with Gasteiger partial charge in [-0.2, -0.15) is 12.6 Å². The number of thiol groups is 1. The minimum Gasteiger partial charge on any atom is -0.300 e. The number of hydrogen-bond acceptors (Lipinski definition) is 2. The number of unbranched alkanes of at least 4 members (excludes halogenated alkanes) is 2. The zero-order valence-corrected chi connectivity index (χ0v) is 11.6. The lowest BCUT2D eigenvalue weighted by Crippen LogP contribution is -2.15. The summed E-state index contributed by atoms with van der Waals surface area (Å²) in [6, 6.07) is 0. The van der Waals surface area contributed by atoms with E-state index < -0.39 is 0 Å². The summed E-state index contributed by atoms with van der Waals surface area (Å²) >= 11 is 4.62. The number of carbonyl (C=O) groups excluding carboxylic acids is 1. The molecule has 2 heteroatoms. The summed E-state index contributed by atoms with van der Waals surface area (Å²) in [6.07, 6.45) is 8.66. The first kappa shape index (κ1) is 14.1. The molecule has 1 nitrogen and oxygen atoms in total. The van der Waals surface area contributed by atoms with Crippen molar-refractivity contribution in [1.82, 2.24) is 0 Å². The molecule has 0 radical (unpaired) electrons. The lowest BCUT2D eigenvalue weighted by molar-refractivity contribution is -0.119. The van der Waals surface area contributed by atoms with Crippen LogP contribution in [0.15, 0.2) is 0 Å². The molecule has 0 heterocycles. The molecule has 0 aliphatic heterocycles. The molecule has 1 aliphatic rings. The number of carbonyl (C=O) groups is 1. The molecule has 3 atom stereocenters. The normalized spacial score (nSPS) is 29.6. The monoisotopic (exact) mass is 242 g/mol. The SMILES string of the molecule is CCCCCC(=O)CC[C@@H]1C(C)CC[C@H]1S. The second-order valence-corrected chi connectivity index (χ2v) is 5.98. The molecule has 0 bridgehead atoms. The van der Waals surface area contributed by atoms with Crippen LogP contribution in [0.1, 0.15) is 65.2 Å². The van der Waals surface area contributed by atoms with E-state index in [2.05, 4.69) is 26.5 Å². The van der Waals surface area contributed by atoms with E-state index in [1.165, 1.54) is 25.7 Å². The first-order valence-electron chi connectivity index (χ1n) is 6.85. The Morgan fingerprint density at radius 3 is 2.56 bits per heavy atom. The third-order valence-corrected chi connectivity index (χ3v) is 4.60. The fourth-order valence-electron chi connectivity index (χ4n) is 2.74. The van der Waals surface area contributed by atoms with Gasteiger partial charge in [0.15, 0.2) is 0 Å². The maximum absolute atomic E-state index is 11.7. The third-order valence-electron chi connectivity index (χ3n) is 3.96. The third kappa shape index (κ3) is 4.48. The zero-order chi connectivity index (χ0) is 12.0. The fraction of sp³-hybridized carbons (Fsp3) is 0.929. The highest BCUT2D eigenvalue weighted by Gasteiger charge is 2.30. The lowest BCUT2D eigenvalue weighted by Gasteiger charge is -2.18. The molecular formula is C14H26OS. The molecule has 0 aromatic rings. The summed E-state index contributed by atoms with van der Waals surface area (Å²) < 4.78 is 0. The maximum atomic E-state index is 11.7. The predicted octanol–water partition coefficient (Wildman–Crippen LogP) is 4.26. The highest BCUT2D eigenvalue weighted by atomic mass is 32.1. The Morgan fingerprint density at radius 1 is 1.25 bits per heavy atom. The Hall–Kier alpha value is 0.0200. The fourth-order valence-corrected chi connectivity index (χ4v) is 3.33. The standard InChI is InChI=1S/C14H26OS/c1-3-4-5-6-12(15)8-9-13-11(2)7-10-14(13)16/h11,13-14,16H,3-10H2,1-2H3/t11?,13-,14-/m1/s1. The van der Waals surface area contributed by atoms with Crippen molar-refractivity contribution >= 4 is 18.4 Å². The predicted molar refractivity (Wildman–Crippen MR) is 73.0 cm³/mol. The molecule has 1 unspecified atom stereocenters. The van der Waals surface area contributed by atoms with Crippen LogP contribution in [0.25, 0.3) is 0 Å². The molecule has 16 heavy (non-hydrogen) atoms. The number of ketones is 1. The summed E-state index contributed by atoms with van der Waals surface area (Å²) in [5, 5.41) is 0.540. The van der Waals surface area contributed by atoms with Crippen LogP contribution in [-0.2, 0) is 4.79 Å². The number of hydrogen-bond donors (Lipinski definition) is 1. The van der Waals surface area contributed by atoms with Gasteiger partial charge in [-0.3, -0.25) is 4.79 Å². The second-order valence-electron chi connectivity index (χ2n) is 5.32. The Balaban J connectivity index is 2.15. The number of rotatable bonds is 7. The van der Waals surface area contributed by atoms with Crippen LogP contribution in [0.4, 0.5) is 0 Å². The molecule has 0 aromatic carbocycles. The van der Waals surface area contributed by atoms with Gasteiger partial charge < -0.3 is 0 Å². The van der Waals surface area contributed by atoms with Crippen molar-refractivity contribution in [3.63, 3.8) is 0 Å². The molecule has 1 fully saturated rings. The lowest BCUT2D eigenvalue weighted by atomic mass is 9.91. The van der Waals surface area contributed by atoms with Crippen LogP contribution in [0.2, 0.25) is 0 Å². The van der Waals surface area contributed by atoms with Gasteiger partial charge in [0.05, 0.1) is 0 Å². The minimum absolute atomic E-state index is 0.466. The topological polar surface area (TPSA) is 17.1 Å². The summed E-state index contributed by atoms with van der Waals surface area (Å²) in [5.74, 6) is 1.91. The number of Topliss-reactive ketones (excluding diaryl/α,β-unsaturated/α-hetero) is 1. The van der Waals surface area contributed by atoms with Gasteiger partial charge in [-0.05, 0) is 37.5 Å². The summed E-state index contributed by atoms with van der Waals surface area (Å²) in [7, 11) is 0. The molecule has 1 aliphatic carbocycles. The molecule has 0 amide bonds. The van der Waals surface area contributed by atoms with Gasteiger partial charge >= 0.3 is 0 Å². The van der Waals surface area contributed by atoms with Crippen molar-refractivity contribution in [2.45, 2.75) is 70.5 Å². The largest absolute Gasteiger partial charge is 0.300 e. The van der Waals surface area contributed by atoms with Gasteiger partial charge in [0.25, 0.3) is 0 Å². The quantitative estimate of drug-likeness (QED) is 0.521. The highest BCUT2D eigenvalue weighted by Crippen LogP contribution is 2.38. The first-order chi connectivity index (χ1) is 7.65. The Kier molecular flexibility index (Phi) is 6.48. The van der Waals surface area contributed by atoms with E-state index in [-0.39, 0.29) is 0 Å². The van der Waals surface area contributed by atoms with E-state index in [1.54, 1.807) is 0 Å². The van der Waals surface area contributed by atoms with Gasteiger partial charge in [-0.25, -0.2) is 0 Å². The molecule has 0 spiro atoms. The second kappa shape index (κ2) is 7.37. The van der Waals surface area contributed by atoms with Crippen LogP contribution in [0.5, 0.6) is 0 Å². The van der Waals surface area contributed by atoms with Crippen molar-refractivity contribution in [2.75, 3.05) is 0 Å². The summed E-state index contributed by atoms with van der Waals surface area (Å²) in [6.45, 7) is 4.48. The molecule has 0 saturated heterocycles. The van der Waals surface area contributed by atoms with Gasteiger partial charge in [0, 0.05) is 18.1 Å². The van der Waals surface area contributed by atoms with E-state index in [1.807, 2.05) is 0 Å². The first-order valence-corrected chi connectivity index (χ1v) is 7.36. The molecule has 94 valence electrons. The average Bonchev–Trinajstić information content (AvgIpc) is 2.57. The molecule has 0 aromatic heterocycles. The minimum atomic E-state index is 0.466. The summed E-state index contributed by atoms with van der Waals surface area (Å²) in [4.78, 5) is 11.7. The molecule has 1 rings (SSSR count). The van der Waals surface area contributed by atoms with Crippen LogP contribution >= 0.6 is 12.6 Å². The molecular weight excluding hydrogens is 216 g/mol. The Bertz CT molecular complexity index is 205. The van der Waals surface area contributed by atoms with E-state index in [9.17, 15) is 4.79 Å². The highest BCUT2D eigenvalue weighted by molar-refractivity contribution is 7.81. The van der Waals surface area contributed by atoms with Crippen LogP contribution in [0.3, 0.4) is 0 Å². The zero-order valence-electron chi connectivity index (χ0n) is 10.7. The van der Waals surface area contributed by atoms with Crippen molar-refractivity contribution in [3.05, 3.63) is 0 Å². The van der Waals surface area contributed by atoms with Crippen molar-refractivity contribution in [3.8, 4) is 0 Å². The van der Waals surface area contributed by atoms with E-state index in [4.69, 9.17) is 0 Å². The van der Waals surface area contributed by atoms with Crippen molar-refractivity contribution < 1.29 is 4.79 Å². The van der Waals surface area contributed by atoms with Crippen LogP contribution in [0, 0.1) is 11.8 Å². The smallest absolute Gasteiger partial charge is 0.132 e. The van der Waals surface area contributed by atoms with Crippen molar-refractivity contribution in [2.24, 2.45) is 11.8 Å². The molecule has 1 saturated carbocycles. The summed E-state index contributed by atoms with van der Waals surface area (Å²) in [5.41, 5.74) is 0. The maximum Gasteiger partial charge on any atom is 0.132 e. The van der Waals surface area contributed by atoms with Gasteiger partial charge in [0.1, 0.15) is 5.78 Å². The van der Waals surface area contributed by atoms with E-state index in [0.29, 0.717) is 17.0 Å².